The molecule has 2 aromatic rings. The quantitative estimate of drug-likeness (QED) is 0.580. The van der Waals surface area contributed by atoms with Crippen LogP contribution in [0.25, 0.3) is 0 Å². The number of thioether (sulfide) groups is 2. The van der Waals surface area contributed by atoms with Crippen LogP contribution in [-0.2, 0) is 17.1 Å². The summed E-state index contributed by atoms with van der Waals surface area (Å²) in [5, 5.41) is 17.4. The second-order valence-electron chi connectivity index (χ2n) is 5.00. The molecule has 0 spiro atoms. The topological polar surface area (TPSA) is 68.0 Å². The minimum atomic E-state index is -0.862. The Bertz CT molecular complexity index is 683. The molecule has 2 rings (SSSR count). The number of aliphatic carboxylic acids is 1. The molecule has 0 aliphatic carbocycles. The standard InChI is InChI=1S/C16H19N3O2S2/c1-4-9-19-14(10-22-13-7-5-11(2)6-8-13)17-18-16(19)23-12(3)15(20)21/h4-8,12H,1,9-10H2,2-3H3,(H,20,21)/t12-/m1/s1. The first-order chi connectivity index (χ1) is 11.0. The summed E-state index contributed by atoms with van der Waals surface area (Å²) in [5.74, 6) is 0.626. The Balaban J connectivity index is 2.11. The fourth-order valence-electron chi connectivity index (χ4n) is 1.82. The van der Waals surface area contributed by atoms with Crippen molar-refractivity contribution in [2.24, 2.45) is 0 Å². The van der Waals surface area contributed by atoms with Gasteiger partial charge < -0.3 is 9.67 Å². The van der Waals surface area contributed by atoms with Gasteiger partial charge in [0.15, 0.2) is 5.16 Å². The molecule has 0 aliphatic rings. The SMILES string of the molecule is C=CCn1c(CSc2ccc(C)cc2)nnc1S[C@H](C)C(=O)O. The van der Waals surface area contributed by atoms with E-state index in [0.29, 0.717) is 17.5 Å². The van der Waals surface area contributed by atoms with Crippen molar-refractivity contribution in [3.05, 3.63) is 48.3 Å². The monoisotopic (exact) mass is 349 g/mol. The second kappa shape index (κ2) is 8.21. The highest BCUT2D eigenvalue weighted by Gasteiger charge is 2.19. The molecule has 1 atom stereocenters. The highest BCUT2D eigenvalue weighted by molar-refractivity contribution is 8.00. The summed E-state index contributed by atoms with van der Waals surface area (Å²) in [7, 11) is 0. The number of aromatic nitrogens is 3. The maximum absolute atomic E-state index is 11.0. The number of aryl methyl sites for hydroxylation is 1. The number of carbonyl (C=O) groups is 1. The van der Waals surface area contributed by atoms with Crippen LogP contribution in [0.4, 0.5) is 0 Å². The maximum Gasteiger partial charge on any atom is 0.316 e. The highest BCUT2D eigenvalue weighted by Crippen LogP contribution is 2.26. The molecule has 0 bridgehead atoms. The van der Waals surface area contributed by atoms with Crippen LogP contribution in [0.1, 0.15) is 18.3 Å². The first-order valence-electron chi connectivity index (χ1n) is 7.13. The second-order valence-corrected chi connectivity index (χ2v) is 7.35. The lowest BCUT2D eigenvalue weighted by atomic mass is 10.2. The third kappa shape index (κ3) is 4.87. The van der Waals surface area contributed by atoms with Crippen LogP contribution in [0.2, 0.25) is 0 Å². The molecule has 0 amide bonds. The Kier molecular flexibility index (Phi) is 6.29. The van der Waals surface area contributed by atoms with Gasteiger partial charge in [-0.1, -0.05) is 35.5 Å². The minimum Gasteiger partial charge on any atom is -0.480 e. The minimum absolute atomic E-state index is 0.561. The first-order valence-corrected chi connectivity index (χ1v) is 8.99. The van der Waals surface area contributed by atoms with Gasteiger partial charge >= 0.3 is 5.97 Å². The molecular weight excluding hydrogens is 330 g/mol. The molecular formula is C16H19N3O2S2. The predicted molar refractivity (Wildman–Crippen MR) is 93.9 cm³/mol. The molecule has 0 saturated carbocycles. The summed E-state index contributed by atoms with van der Waals surface area (Å²) in [6.07, 6.45) is 1.76. The van der Waals surface area contributed by atoms with Crippen molar-refractivity contribution in [2.45, 2.75) is 41.4 Å². The molecule has 1 aromatic carbocycles. The number of rotatable bonds is 8. The summed E-state index contributed by atoms with van der Waals surface area (Å²) in [6.45, 7) is 8.01. The van der Waals surface area contributed by atoms with Crippen LogP contribution in [-0.4, -0.2) is 31.1 Å². The van der Waals surface area contributed by atoms with E-state index in [-0.39, 0.29) is 0 Å². The van der Waals surface area contributed by atoms with Crippen molar-refractivity contribution in [1.29, 1.82) is 0 Å². The van der Waals surface area contributed by atoms with Crippen molar-refractivity contribution in [3.63, 3.8) is 0 Å². The van der Waals surface area contributed by atoms with Crippen molar-refractivity contribution in [3.8, 4) is 0 Å². The lowest BCUT2D eigenvalue weighted by Gasteiger charge is -2.09. The van der Waals surface area contributed by atoms with E-state index in [4.69, 9.17) is 5.11 Å². The van der Waals surface area contributed by atoms with Gasteiger partial charge in [0.1, 0.15) is 11.1 Å². The van der Waals surface area contributed by atoms with Crippen molar-refractivity contribution >= 4 is 29.5 Å². The van der Waals surface area contributed by atoms with Gasteiger partial charge in [0, 0.05) is 11.4 Å². The number of carboxylic acids is 1. The molecule has 7 heteroatoms. The predicted octanol–water partition coefficient (Wildman–Crippen LogP) is 3.63. The number of nitrogens with zero attached hydrogens (tertiary/aromatic N) is 3. The van der Waals surface area contributed by atoms with Gasteiger partial charge in [0.2, 0.25) is 0 Å². The van der Waals surface area contributed by atoms with Gasteiger partial charge in [-0.05, 0) is 26.0 Å². The lowest BCUT2D eigenvalue weighted by Crippen LogP contribution is -2.13. The van der Waals surface area contributed by atoms with Crippen LogP contribution < -0.4 is 0 Å². The van der Waals surface area contributed by atoms with Gasteiger partial charge in [-0.15, -0.1) is 28.5 Å². The molecule has 0 fully saturated rings. The fraction of sp³-hybridized carbons (Fsp3) is 0.312. The van der Waals surface area contributed by atoms with Gasteiger partial charge in [-0.3, -0.25) is 4.79 Å². The van der Waals surface area contributed by atoms with E-state index in [2.05, 4.69) is 48.0 Å². The zero-order chi connectivity index (χ0) is 16.8. The number of hydrogen-bond donors (Lipinski definition) is 1. The summed E-state index contributed by atoms with van der Waals surface area (Å²) < 4.78 is 1.91. The summed E-state index contributed by atoms with van der Waals surface area (Å²) in [4.78, 5) is 12.2. The molecule has 0 aliphatic heterocycles. The zero-order valence-electron chi connectivity index (χ0n) is 13.1. The van der Waals surface area contributed by atoms with Crippen LogP contribution in [0, 0.1) is 6.92 Å². The van der Waals surface area contributed by atoms with Crippen molar-refractivity contribution < 1.29 is 9.90 Å². The summed E-state index contributed by atoms with van der Waals surface area (Å²) in [6, 6.07) is 8.31. The maximum atomic E-state index is 11.0. The van der Waals surface area contributed by atoms with Crippen molar-refractivity contribution in [2.75, 3.05) is 0 Å². The van der Waals surface area contributed by atoms with Crippen LogP contribution in [0.15, 0.2) is 47.0 Å². The van der Waals surface area contributed by atoms with Gasteiger partial charge in [-0.25, -0.2) is 0 Å². The first kappa shape index (κ1) is 17.6. The largest absolute Gasteiger partial charge is 0.480 e. The van der Waals surface area contributed by atoms with E-state index in [1.807, 2.05) is 4.57 Å². The van der Waals surface area contributed by atoms with Gasteiger partial charge in [0.25, 0.3) is 0 Å². The van der Waals surface area contributed by atoms with E-state index in [0.717, 1.165) is 10.7 Å². The van der Waals surface area contributed by atoms with Gasteiger partial charge in [0.05, 0.1) is 5.75 Å². The van der Waals surface area contributed by atoms with E-state index in [1.165, 1.54) is 17.3 Å². The molecule has 1 aromatic heterocycles. The third-order valence-corrected chi connectivity index (χ3v) is 5.20. The molecule has 0 unspecified atom stereocenters. The molecule has 23 heavy (non-hydrogen) atoms. The third-order valence-electron chi connectivity index (χ3n) is 3.12. The van der Waals surface area contributed by atoms with Crippen LogP contribution in [0.3, 0.4) is 0 Å². The number of hydrogen-bond acceptors (Lipinski definition) is 5. The fourth-order valence-corrected chi connectivity index (χ4v) is 3.47. The molecule has 0 saturated heterocycles. The number of benzene rings is 1. The average Bonchev–Trinajstić information content (AvgIpc) is 2.89. The molecule has 5 nitrogen and oxygen atoms in total. The van der Waals surface area contributed by atoms with E-state index >= 15 is 0 Å². The summed E-state index contributed by atoms with van der Waals surface area (Å²) in [5.41, 5.74) is 1.23. The zero-order valence-corrected chi connectivity index (χ0v) is 14.7. The Morgan fingerprint density at radius 2 is 2.09 bits per heavy atom. The molecule has 122 valence electrons. The Labute approximate surface area is 144 Å². The smallest absolute Gasteiger partial charge is 0.316 e. The normalized spacial score (nSPS) is 12.1. The number of allylic oxidation sites excluding steroid dienone is 1. The van der Waals surface area contributed by atoms with Crippen LogP contribution >= 0.6 is 23.5 Å². The molecule has 1 N–H and O–H groups in total. The molecule has 0 radical (unpaired) electrons. The average molecular weight is 349 g/mol. The van der Waals surface area contributed by atoms with E-state index in [1.54, 1.807) is 24.8 Å². The Morgan fingerprint density at radius 3 is 2.70 bits per heavy atom. The molecule has 1 heterocycles. The summed E-state index contributed by atoms with van der Waals surface area (Å²) >= 11 is 2.87. The Morgan fingerprint density at radius 1 is 1.39 bits per heavy atom. The van der Waals surface area contributed by atoms with Crippen LogP contribution in [0.5, 0.6) is 0 Å². The highest BCUT2D eigenvalue weighted by atomic mass is 32.2. The number of carboxylic acid groups (broad SMARTS) is 1. The lowest BCUT2D eigenvalue weighted by molar-refractivity contribution is -0.136. The van der Waals surface area contributed by atoms with Gasteiger partial charge in [-0.2, -0.15) is 0 Å². The Hall–Kier alpha value is -1.73. The van der Waals surface area contributed by atoms with Crippen molar-refractivity contribution in [1.82, 2.24) is 14.8 Å². The van der Waals surface area contributed by atoms with E-state index < -0.39 is 11.2 Å². The van der Waals surface area contributed by atoms with E-state index in [9.17, 15) is 4.79 Å².